The Morgan fingerprint density at radius 3 is 2.86 bits per heavy atom. The van der Waals surface area contributed by atoms with Gasteiger partial charge in [0, 0.05) is 17.1 Å². The second-order valence-corrected chi connectivity index (χ2v) is 4.71. The van der Waals surface area contributed by atoms with Crippen molar-refractivity contribution in [2.75, 3.05) is 0 Å². The number of fused-ring (bicyclic) bond motifs is 1. The average molecular weight is 283 g/mol. The van der Waals surface area contributed by atoms with Crippen molar-refractivity contribution in [3.63, 3.8) is 0 Å². The summed E-state index contributed by atoms with van der Waals surface area (Å²) in [6.07, 6.45) is 1.59. The van der Waals surface area contributed by atoms with Crippen LogP contribution in [-0.2, 0) is 17.8 Å². The van der Waals surface area contributed by atoms with Crippen LogP contribution < -0.4 is 0 Å². The third kappa shape index (κ3) is 2.64. The van der Waals surface area contributed by atoms with Gasteiger partial charge in [0.25, 0.3) is 0 Å². The second kappa shape index (κ2) is 5.38. The fourth-order valence-corrected chi connectivity index (χ4v) is 2.30. The minimum absolute atomic E-state index is 0.0226. The van der Waals surface area contributed by atoms with E-state index in [9.17, 15) is 9.90 Å². The minimum Gasteiger partial charge on any atom is -0.481 e. The molecule has 5 heteroatoms. The minimum atomic E-state index is -0.868. The van der Waals surface area contributed by atoms with E-state index in [1.807, 2.05) is 12.1 Å². The first-order valence-electron chi connectivity index (χ1n) is 6.47. The Morgan fingerprint density at radius 2 is 2.10 bits per heavy atom. The number of furan rings is 1. The lowest BCUT2D eigenvalue weighted by Gasteiger charge is -2.01. The molecule has 2 N–H and O–H groups in total. The van der Waals surface area contributed by atoms with Gasteiger partial charge in [0.2, 0.25) is 0 Å². The lowest BCUT2D eigenvalue weighted by Crippen LogP contribution is -1.99. The second-order valence-electron chi connectivity index (χ2n) is 4.71. The van der Waals surface area contributed by atoms with Crippen molar-refractivity contribution in [2.45, 2.75) is 13.0 Å². The summed E-state index contributed by atoms with van der Waals surface area (Å²) in [6.45, 7) is -0.169. The molecular weight excluding hydrogens is 270 g/mol. The Morgan fingerprint density at radius 1 is 1.24 bits per heavy atom. The van der Waals surface area contributed by atoms with Gasteiger partial charge in [-0.2, -0.15) is 0 Å². The Bertz CT molecular complexity index is 807. The Labute approximate surface area is 120 Å². The van der Waals surface area contributed by atoms with E-state index in [0.29, 0.717) is 17.0 Å². The maximum Gasteiger partial charge on any atom is 0.307 e. The zero-order valence-electron chi connectivity index (χ0n) is 11.1. The lowest BCUT2D eigenvalue weighted by molar-refractivity contribution is -0.136. The molecule has 0 aliphatic heterocycles. The van der Waals surface area contributed by atoms with Crippen LogP contribution in [0.1, 0.15) is 11.3 Å². The van der Waals surface area contributed by atoms with Gasteiger partial charge in [-0.1, -0.05) is 6.07 Å². The molecule has 0 atom stereocenters. The van der Waals surface area contributed by atoms with E-state index in [1.54, 1.807) is 30.5 Å². The van der Waals surface area contributed by atoms with Crippen LogP contribution in [0.25, 0.3) is 22.3 Å². The highest BCUT2D eigenvalue weighted by molar-refractivity contribution is 5.84. The van der Waals surface area contributed by atoms with Gasteiger partial charge < -0.3 is 14.6 Å². The van der Waals surface area contributed by atoms with Crippen LogP contribution in [0.2, 0.25) is 0 Å². The number of aromatic nitrogens is 1. The lowest BCUT2D eigenvalue weighted by atomic mass is 10.1. The van der Waals surface area contributed by atoms with Crippen molar-refractivity contribution >= 4 is 16.9 Å². The number of hydrogen-bond donors (Lipinski definition) is 2. The smallest absolute Gasteiger partial charge is 0.307 e. The number of benzene rings is 1. The van der Waals surface area contributed by atoms with E-state index >= 15 is 0 Å². The van der Waals surface area contributed by atoms with Crippen molar-refractivity contribution in [1.29, 1.82) is 0 Å². The van der Waals surface area contributed by atoms with Gasteiger partial charge in [0.15, 0.2) is 0 Å². The van der Waals surface area contributed by atoms with Crippen molar-refractivity contribution in [3.8, 4) is 11.3 Å². The number of aliphatic carboxylic acids is 1. The standard InChI is InChI=1S/C16H13NO4/c18-9-13-12(2-1-5-17-13)15-8-11-6-10(7-16(19)20)3-4-14(11)21-15/h1-6,8,18H,7,9H2,(H,19,20). The topological polar surface area (TPSA) is 83.6 Å². The highest BCUT2D eigenvalue weighted by atomic mass is 16.4. The van der Waals surface area contributed by atoms with E-state index in [-0.39, 0.29) is 13.0 Å². The van der Waals surface area contributed by atoms with Crippen LogP contribution in [-0.4, -0.2) is 21.2 Å². The molecule has 0 aliphatic carbocycles. The molecule has 3 aromatic rings. The maximum atomic E-state index is 10.8. The van der Waals surface area contributed by atoms with Crippen molar-refractivity contribution < 1.29 is 19.4 Å². The fourth-order valence-electron chi connectivity index (χ4n) is 2.30. The number of carboxylic acids is 1. The summed E-state index contributed by atoms with van der Waals surface area (Å²) < 4.78 is 5.76. The van der Waals surface area contributed by atoms with Gasteiger partial charge in [-0.05, 0) is 35.9 Å². The largest absolute Gasteiger partial charge is 0.481 e. The number of carbonyl (C=O) groups is 1. The van der Waals surface area contributed by atoms with Crippen LogP contribution >= 0.6 is 0 Å². The van der Waals surface area contributed by atoms with Crippen molar-refractivity contribution in [3.05, 3.63) is 53.9 Å². The van der Waals surface area contributed by atoms with Gasteiger partial charge in [-0.3, -0.25) is 9.78 Å². The Balaban J connectivity index is 2.06. The molecule has 0 radical (unpaired) electrons. The van der Waals surface area contributed by atoms with Crippen molar-refractivity contribution in [1.82, 2.24) is 4.98 Å². The SMILES string of the molecule is O=C(O)Cc1ccc2oc(-c3cccnc3CO)cc2c1. The summed E-state index contributed by atoms with van der Waals surface area (Å²) in [7, 11) is 0. The van der Waals surface area contributed by atoms with E-state index in [4.69, 9.17) is 9.52 Å². The Kier molecular flexibility index (Phi) is 3.41. The number of nitrogens with zero attached hydrogens (tertiary/aromatic N) is 1. The molecule has 3 rings (SSSR count). The summed E-state index contributed by atoms with van der Waals surface area (Å²) >= 11 is 0. The molecule has 1 aromatic carbocycles. The number of rotatable bonds is 4. The molecule has 106 valence electrons. The number of aliphatic hydroxyl groups excluding tert-OH is 1. The highest BCUT2D eigenvalue weighted by Gasteiger charge is 2.11. The van der Waals surface area contributed by atoms with Crippen LogP contribution in [0.4, 0.5) is 0 Å². The predicted molar refractivity (Wildman–Crippen MR) is 76.7 cm³/mol. The summed E-state index contributed by atoms with van der Waals surface area (Å²) in [5, 5.41) is 19.0. The third-order valence-corrected chi connectivity index (χ3v) is 3.24. The van der Waals surface area contributed by atoms with Crippen LogP contribution in [0.5, 0.6) is 0 Å². The fraction of sp³-hybridized carbons (Fsp3) is 0.125. The predicted octanol–water partition coefficient (Wildman–Crippen LogP) is 2.61. The molecule has 2 heterocycles. The highest BCUT2D eigenvalue weighted by Crippen LogP contribution is 2.30. The molecule has 0 amide bonds. The molecule has 0 aliphatic rings. The number of carboxylic acid groups (broad SMARTS) is 1. The number of aliphatic hydroxyl groups is 1. The molecule has 0 saturated carbocycles. The van der Waals surface area contributed by atoms with Gasteiger partial charge in [0.1, 0.15) is 11.3 Å². The van der Waals surface area contributed by atoms with Crippen molar-refractivity contribution in [2.24, 2.45) is 0 Å². The summed E-state index contributed by atoms with van der Waals surface area (Å²) in [5.74, 6) is -0.262. The van der Waals surface area contributed by atoms with Gasteiger partial charge >= 0.3 is 5.97 Å². The zero-order chi connectivity index (χ0) is 14.8. The molecular formula is C16H13NO4. The van der Waals surface area contributed by atoms with E-state index in [2.05, 4.69) is 4.98 Å². The van der Waals surface area contributed by atoms with E-state index < -0.39 is 5.97 Å². The number of hydrogen-bond acceptors (Lipinski definition) is 4. The average Bonchev–Trinajstić information content (AvgIpc) is 2.89. The van der Waals surface area contributed by atoms with Crippen LogP contribution in [0.15, 0.2) is 47.0 Å². The molecule has 0 bridgehead atoms. The van der Waals surface area contributed by atoms with Crippen LogP contribution in [0.3, 0.4) is 0 Å². The van der Waals surface area contributed by atoms with Crippen LogP contribution in [0, 0.1) is 0 Å². The normalized spacial score (nSPS) is 10.9. The quantitative estimate of drug-likeness (QED) is 0.769. The molecule has 5 nitrogen and oxygen atoms in total. The van der Waals surface area contributed by atoms with E-state index in [0.717, 1.165) is 16.5 Å². The molecule has 0 fully saturated rings. The monoisotopic (exact) mass is 283 g/mol. The first-order valence-corrected chi connectivity index (χ1v) is 6.47. The molecule has 0 unspecified atom stereocenters. The maximum absolute atomic E-state index is 10.8. The van der Waals surface area contributed by atoms with Gasteiger partial charge in [0.05, 0.1) is 18.7 Å². The first-order chi connectivity index (χ1) is 10.2. The van der Waals surface area contributed by atoms with Gasteiger partial charge in [-0.25, -0.2) is 0 Å². The van der Waals surface area contributed by atoms with Gasteiger partial charge in [-0.15, -0.1) is 0 Å². The summed E-state index contributed by atoms with van der Waals surface area (Å²) in [6, 6.07) is 10.7. The van der Waals surface area contributed by atoms with E-state index in [1.165, 1.54) is 0 Å². The molecule has 0 saturated heterocycles. The third-order valence-electron chi connectivity index (χ3n) is 3.24. The molecule has 2 aromatic heterocycles. The zero-order valence-corrected chi connectivity index (χ0v) is 11.1. The first kappa shape index (κ1) is 13.3. The summed E-state index contributed by atoms with van der Waals surface area (Å²) in [4.78, 5) is 14.9. The Hall–Kier alpha value is -2.66. The molecule has 21 heavy (non-hydrogen) atoms. The summed E-state index contributed by atoms with van der Waals surface area (Å²) in [5.41, 5.74) is 2.67. The molecule has 0 spiro atoms. The number of pyridine rings is 1.